The first-order valence-electron chi connectivity index (χ1n) is 3.86. The molecule has 2 bridgehead atoms. The van der Waals surface area contributed by atoms with Crippen molar-refractivity contribution < 1.29 is 4.79 Å². The van der Waals surface area contributed by atoms with E-state index < -0.39 is 0 Å². The summed E-state index contributed by atoms with van der Waals surface area (Å²) in [5.74, 6) is 1.67. The fourth-order valence-corrected chi connectivity index (χ4v) is 2.73. The number of ketones is 1. The molecular weight excluding hydrogens is 148 g/mol. The van der Waals surface area contributed by atoms with Gasteiger partial charge in [-0.25, -0.2) is 0 Å². The van der Waals surface area contributed by atoms with Gasteiger partial charge in [-0.3, -0.25) is 4.79 Å². The summed E-state index contributed by atoms with van der Waals surface area (Å²) in [4.78, 5) is 11.3. The smallest absolute Gasteiger partial charge is 0.140 e. The van der Waals surface area contributed by atoms with Crippen molar-refractivity contribution in [3.05, 3.63) is 0 Å². The highest BCUT2D eigenvalue weighted by Crippen LogP contribution is 2.52. The van der Waals surface area contributed by atoms with Crippen LogP contribution in [0.3, 0.4) is 0 Å². The van der Waals surface area contributed by atoms with Crippen molar-refractivity contribution in [1.29, 1.82) is 0 Å². The lowest BCUT2D eigenvalue weighted by molar-refractivity contribution is -0.125. The van der Waals surface area contributed by atoms with Gasteiger partial charge in [-0.15, -0.1) is 11.6 Å². The third-order valence-corrected chi connectivity index (χ3v) is 3.54. The highest BCUT2D eigenvalue weighted by molar-refractivity contribution is 6.20. The van der Waals surface area contributed by atoms with Crippen LogP contribution >= 0.6 is 11.6 Å². The van der Waals surface area contributed by atoms with Crippen molar-refractivity contribution in [2.24, 2.45) is 11.3 Å². The molecule has 0 saturated heterocycles. The molecule has 0 N–H and O–H groups in total. The van der Waals surface area contributed by atoms with Crippen LogP contribution in [-0.4, -0.2) is 11.7 Å². The number of halogens is 1. The number of hydrogen-bond donors (Lipinski definition) is 0. The van der Waals surface area contributed by atoms with Crippen molar-refractivity contribution >= 4 is 17.4 Å². The van der Waals surface area contributed by atoms with E-state index in [9.17, 15) is 4.79 Å². The first-order chi connectivity index (χ1) is 4.77. The van der Waals surface area contributed by atoms with Crippen LogP contribution in [0.1, 0.15) is 25.7 Å². The molecule has 56 valence electrons. The molecule has 2 aliphatic rings. The molecule has 1 nitrogen and oxygen atoms in total. The minimum absolute atomic E-state index is 0.0633. The summed E-state index contributed by atoms with van der Waals surface area (Å²) in [7, 11) is 0. The lowest BCUT2D eigenvalue weighted by Crippen LogP contribution is -2.26. The first kappa shape index (κ1) is 6.66. The Morgan fingerprint density at radius 1 is 1.70 bits per heavy atom. The molecular formula is C8H11ClO. The van der Waals surface area contributed by atoms with Crippen LogP contribution in [0.5, 0.6) is 0 Å². The maximum Gasteiger partial charge on any atom is 0.140 e. The maximum atomic E-state index is 11.3. The third-order valence-electron chi connectivity index (χ3n) is 3.03. The molecule has 2 unspecified atom stereocenters. The number of fused-ring (bicyclic) bond motifs is 2. The number of rotatable bonds is 1. The normalized spacial score (nSPS) is 44.9. The Labute approximate surface area is 65.7 Å². The summed E-state index contributed by atoms with van der Waals surface area (Å²) >= 11 is 5.77. The summed E-state index contributed by atoms with van der Waals surface area (Å²) in [5, 5.41) is 0. The molecule has 2 rings (SSSR count). The van der Waals surface area contributed by atoms with Gasteiger partial charge in [-0.1, -0.05) is 0 Å². The third kappa shape index (κ3) is 0.672. The lowest BCUT2D eigenvalue weighted by Gasteiger charge is -2.20. The summed E-state index contributed by atoms with van der Waals surface area (Å²) in [6.07, 6.45) is 4.18. The summed E-state index contributed by atoms with van der Waals surface area (Å²) in [6, 6.07) is 0. The van der Waals surface area contributed by atoms with E-state index in [4.69, 9.17) is 11.6 Å². The van der Waals surface area contributed by atoms with Crippen LogP contribution in [0.15, 0.2) is 0 Å². The highest BCUT2D eigenvalue weighted by Gasteiger charge is 2.50. The van der Waals surface area contributed by atoms with Crippen LogP contribution in [0, 0.1) is 11.3 Å². The molecule has 0 aromatic carbocycles. The first-order valence-corrected chi connectivity index (χ1v) is 4.39. The SMILES string of the molecule is O=C1CC2CCC1(CCl)C2. The number of alkyl halides is 1. The Bertz CT molecular complexity index is 178. The second kappa shape index (κ2) is 1.97. The monoisotopic (exact) mass is 158 g/mol. The van der Waals surface area contributed by atoms with Gasteiger partial charge in [-0.2, -0.15) is 0 Å². The molecule has 0 amide bonds. The fraction of sp³-hybridized carbons (Fsp3) is 0.875. The predicted octanol–water partition coefficient (Wildman–Crippen LogP) is 1.98. The minimum atomic E-state index is -0.0633. The average Bonchev–Trinajstić information content (AvgIpc) is 2.44. The standard InChI is InChI=1S/C8H11ClO/c9-5-8-2-1-6(4-8)3-7(8)10/h6H,1-5H2. The van der Waals surface area contributed by atoms with Crippen LogP contribution in [0.25, 0.3) is 0 Å². The average molecular weight is 159 g/mol. The Morgan fingerprint density at radius 3 is 2.80 bits per heavy atom. The molecule has 0 aromatic rings. The van der Waals surface area contributed by atoms with Crippen molar-refractivity contribution in [3.63, 3.8) is 0 Å². The van der Waals surface area contributed by atoms with E-state index in [1.165, 1.54) is 6.42 Å². The van der Waals surface area contributed by atoms with E-state index in [-0.39, 0.29) is 5.41 Å². The van der Waals surface area contributed by atoms with E-state index in [0.29, 0.717) is 17.6 Å². The lowest BCUT2D eigenvalue weighted by atomic mass is 9.85. The van der Waals surface area contributed by atoms with Gasteiger partial charge < -0.3 is 0 Å². The molecule has 2 saturated carbocycles. The number of hydrogen-bond acceptors (Lipinski definition) is 1. The van der Waals surface area contributed by atoms with Crippen molar-refractivity contribution in [3.8, 4) is 0 Å². The molecule has 0 radical (unpaired) electrons. The van der Waals surface area contributed by atoms with Crippen molar-refractivity contribution in [2.45, 2.75) is 25.7 Å². The zero-order valence-electron chi connectivity index (χ0n) is 5.90. The van der Waals surface area contributed by atoms with Crippen LogP contribution in [-0.2, 0) is 4.79 Å². The van der Waals surface area contributed by atoms with E-state index in [0.717, 1.165) is 19.3 Å². The second-order valence-electron chi connectivity index (χ2n) is 3.65. The van der Waals surface area contributed by atoms with Crippen LogP contribution < -0.4 is 0 Å². The zero-order valence-corrected chi connectivity index (χ0v) is 6.66. The topological polar surface area (TPSA) is 17.1 Å². The quantitative estimate of drug-likeness (QED) is 0.534. The van der Waals surface area contributed by atoms with E-state index in [2.05, 4.69) is 0 Å². The highest BCUT2D eigenvalue weighted by atomic mass is 35.5. The van der Waals surface area contributed by atoms with Gasteiger partial charge in [0, 0.05) is 17.7 Å². The minimum Gasteiger partial charge on any atom is -0.299 e. The van der Waals surface area contributed by atoms with Gasteiger partial charge in [-0.05, 0) is 25.2 Å². The summed E-state index contributed by atoms with van der Waals surface area (Å²) in [6.45, 7) is 0. The van der Waals surface area contributed by atoms with Crippen LogP contribution in [0.2, 0.25) is 0 Å². The number of Topliss-reactive ketones (excluding diaryl/α,β-unsaturated/α-hetero) is 1. The van der Waals surface area contributed by atoms with Gasteiger partial charge in [0.2, 0.25) is 0 Å². The largest absolute Gasteiger partial charge is 0.299 e. The Balaban J connectivity index is 2.27. The molecule has 0 aromatic heterocycles. The fourth-order valence-electron chi connectivity index (χ4n) is 2.34. The Hall–Kier alpha value is -0.0400. The molecule has 0 heterocycles. The summed E-state index contributed by atoms with van der Waals surface area (Å²) < 4.78 is 0. The van der Waals surface area contributed by atoms with Crippen molar-refractivity contribution in [2.75, 3.05) is 5.88 Å². The van der Waals surface area contributed by atoms with E-state index >= 15 is 0 Å². The molecule has 2 fully saturated rings. The molecule has 0 aliphatic heterocycles. The zero-order chi connectivity index (χ0) is 7.19. The number of carbonyl (C=O) groups is 1. The van der Waals surface area contributed by atoms with Crippen molar-refractivity contribution in [1.82, 2.24) is 0 Å². The maximum absolute atomic E-state index is 11.3. The summed E-state index contributed by atoms with van der Waals surface area (Å²) in [5.41, 5.74) is -0.0633. The molecule has 2 heteroatoms. The molecule has 2 atom stereocenters. The molecule has 2 aliphatic carbocycles. The molecule has 10 heavy (non-hydrogen) atoms. The number of carbonyl (C=O) groups excluding carboxylic acids is 1. The predicted molar refractivity (Wildman–Crippen MR) is 40.1 cm³/mol. The van der Waals surface area contributed by atoms with E-state index in [1.54, 1.807) is 0 Å². The van der Waals surface area contributed by atoms with Gasteiger partial charge >= 0.3 is 0 Å². The second-order valence-corrected chi connectivity index (χ2v) is 3.92. The van der Waals surface area contributed by atoms with E-state index in [1.807, 2.05) is 0 Å². The molecule has 0 spiro atoms. The Morgan fingerprint density at radius 2 is 2.50 bits per heavy atom. The van der Waals surface area contributed by atoms with Gasteiger partial charge in [0.05, 0.1) is 0 Å². The van der Waals surface area contributed by atoms with Crippen LogP contribution in [0.4, 0.5) is 0 Å². The van der Waals surface area contributed by atoms with Gasteiger partial charge in [0.15, 0.2) is 0 Å². The van der Waals surface area contributed by atoms with Gasteiger partial charge in [0.1, 0.15) is 5.78 Å². The Kier molecular flexibility index (Phi) is 1.31. The van der Waals surface area contributed by atoms with Gasteiger partial charge in [0.25, 0.3) is 0 Å².